The normalized spacial score (nSPS) is 21.2. The second-order valence-corrected chi connectivity index (χ2v) is 5.87. The number of hydrogen-bond acceptors (Lipinski definition) is 3. The summed E-state index contributed by atoms with van der Waals surface area (Å²) >= 11 is 2.00. The molecule has 1 saturated heterocycles. The third-order valence-electron chi connectivity index (χ3n) is 3.09. The molecule has 1 aliphatic rings. The Kier molecular flexibility index (Phi) is 3.77. The van der Waals surface area contributed by atoms with Crippen LogP contribution in [-0.4, -0.2) is 30.6 Å². The van der Waals surface area contributed by atoms with Crippen molar-refractivity contribution in [1.29, 1.82) is 0 Å². The Balaban J connectivity index is 2.16. The summed E-state index contributed by atoms with van der Waals surface area (Å²) in [4.78, 5) is 2.48. The minimum atomic E-state index is 0.592. The van der Waals surface area contributed by atoms with E-state index in [0.717, 1.165) is 19.6 Å². The molecule has 0 radical (unpaired) electrons. The van der Waals surface area contributed by atoms with Gasteiger partial charge in [0.05, 0.1) is 0 Å². The number of rotatable bonds is 2. The van der Waals surface area contributed by atoms with Gasteiger partial charge in [-0.15, -0.1) is 0 Å². The molecule has 88 valence electrons. The lowest BCUT2D eigenvalue weighted by atomic mass is 10.1. The summed E-state index contributed by atoms with van der Waals surface area (Å²) < 4.78 is 0. The van der Waals surface area contributed by atoms with Crippen LogP contribution < -0.4 is 10.6 Å². The van der Waals surface area contributed by atoms with Crippen LogP contribution in [0.2, 0.25) is 0 Å². The maximum absolute atomic E-state index is 5.76. The van der Waals surface area contributed by atoms with Crippen molar-refractivity contribution in [3.8, 4) is 0 Å². The van der Waals surface area contributed by atoms with Gasteiger partial charge in [-0.1, -0.05) is 17.7 Å². The lowest BCUT2D eigenvalue weighted by Gasteiger charge is -2.34. The summed E-state index contributed by atoms with van der Waals surface area (Å²) in [5, 5.41) is 0.592. The van der Waals surface area contributed by atoms with E-state index in [0.29, 0.717) is 5.25 Å². The molecule has 1 unspecified atom stereocenters. The first-order valence-electron chi connectivity index (χ1n) is 5.84. The number of nitrogens with two attached hydrogens (primary N) is 1. The molecule has 1 heterocycles. The second kappa shape index (κ2) is 5.11. The first-order valence-corrected chi connectivity index (χ1v) is 6.89. The second-order valence-electron chi connectivity index (χ2n) is 4.46. The van der Waals surface area contributed by atoms with E-state index in [4.69, 9.17) is 5.73 Å². The number of thioether (sulfide) groups is 1. The predicted molar refractivity (Wildman–Crippen MR) is 73.4 cm³/mol. The van der Waals surface area contributed by atoms with Gasteiger partial charge in [0.15, 0.2) is 0 Å². The first-order chi connectivity index (χ1) is 7.70. The fraction of sp³-hybridized carbons (Fsp3) is 0.538. The highest BCUT2D eigenvalue weighted by Crippen LogP contribution is 2.26. The van der Waals surface area contributed by atoms with E-state index in [2.05, 4.69) is 36.9 Å². The van der Waals surface area contributed by atoms with Crippen molar-refractivity contribution >= 4 is 17.4 Å². The van der Waals surface area contributed by atoms with E-state index in [1.54, 1.807) is 0 Å². The summed E-state index contributed by atoms with van der Waals surface area (Å²) in [7, 11) is 0. The van der Waals surface area contributed by atoms with Crippen LogP contribution in [-0.2, 0) is 0 Å². The summed E-state index contributed by atoms with van der Waals surface area (Å²) in [5.41, 5.74) is 9.85. The van der Waals surface area contributed by atoms with Crippen molar-refractivity contribution in [2.45, 2.75) is 19.1 Å². The van der Waals surface area contributed by atoms with E-state index in [9.17, 15) is 0 Å². The number of nitrogens with zero attached hydrogens (tertiary/aromatic N) is 1. The third-order valence-corrected chi connectivity index (χ3v) is 4.33. The zero-order chi connectivity index (χ0) is 11.5. The number of hydrogen-bond donors (Lipinski definition) is 1. The molecule has 0 aliphatic carbocycles. The number of anilines is 1. The molecule has 0 amide bonds. The summed E-state index contributed by atoms with van der Waals surface area (Å²) in [6.45, 7) is 7.36. The lowest BCUT2D eigenvalue weighted by molar-refractivity contribution is 0.746. The predicted octanol–water partition coefficient (Wildman–Crippen LogP) is 2.18. The van der Waals surface area contributed by atoms with Gasteiger partial charge in [-0.25, -0.2) is 0 Å². The molecule has 0 aromatic heterocycles. The van der Waals surface area contributed by atoms with Gasteiger partial charge in [0, 0.05) is 36.3 Å². The Morgan fingerprint density at radius 1 is 1.44 bits per heavy atom. The Hall–Kier alpha value is -0.670. The largest absolute Gasteiger partial charge is 0.369 e. The average Bonchev–Trinajstić information content (AvgIpc) is 2.29. The monoisotopic (exact) mass is 236 g/mol. The average molecular weight is 236 g/mol. The van der Waals surface area contributed by atoms with Crippen LogP contribution in [0.5, 0.6) is 0 Å². The van der Waals surface area contributed by atoms with Crippen molar-refractivity contribution in [1.82, 2.24) is 0 Å². The van der Waals surface area contributed by atoms with E-state index in [-0.39, 0.29) is 0 Å². The summed E-state index contributed by atoms with van der Waals surface area (Å²) in [5.74, 6) is 1.19. The minimum Gasteiger partial charge on any atom is -0.369 e. The molecular formula is C13H20N2S. The highest BCUT2D eigenvalue weighted by molar-refractivity contribution is 8.00. The topological polar surface area (TPSA) is 29.3 Å². The smallest absolute Gasteiger partial charge is 0.0396 e. The minimum absolute atomic E-state index is 0.592. The van der Waals surface area contributed by atoms with Crippen LogP contribution in [0.15, 0.2) is 18.2 Å². The van der Waals surface area contributed by atoms with Crippen molar-refractivity contribution in [3.63, 3.8) is 0 Å². The van der Waals surface area contributed by atoms with Gasteiger partial charge >= 0.3 is 0 Å². The van der Waals surface area contributed by atoms with E-state index in [1.807, 2.05) is 11.8 Å². The van der Waals surface area contributed by atoms with Gasteiger partial charge in [0.1, 0.15) is 0 Å². The highest BCUT2D eigenvalue weighted by atomic mass is 32.2. The molecule has 1 aromatic rings. The highest BCUT2D eigenvalue weighted by Gasteiger charge is 2.20. The van der Waals surface area contributed by atoms with Crippen LogP contribution in [0.4, 0.5) is 5.69 Å². The van der Waals surface area contributed by atoms with Gasteiger partial charge in [-0.05, 0) is 25.5 Å². The lowest BCUT2D eigenvalue weighted by Crippen LogP contribution is -2.41. The van der Waals surface area contributed by atoms with Gasteiger partial charge in [0.2, 0.25) is 0 Å². The van der Waals surface area contributed by atoms with Gasteiger partial charge in [0.25, 0.3) is 0 Å². The molecule has 2 rings (SSSR count). The molecular weight excluding hydrogens is 216 g/mol. The molecule has 0 saturated carbocycles. The summed E-state index contributed by atoms with van der Waals surface area (Å²) in [6, 6.07) is 6.70. The Morgan fingerprint density at radius 2 is 2.25 bits per heavy atom. The molecule has 1 atom stereocenters. The standard InChI is InChI=1S/C13H20N2S/c1-10-3-4-13(11(2)7-10)15-5-6-16-12(8-14)9-15/h3-4,7,12H,5-6,8-9,14H2,1-2H3. The maximum Gasteiger partial charge on any atom is 0.0396 e. The maximum atomic E-state index is 5.76. The Morgan fingerprint density at radius 3 is 2.94 bits per heavy atom. The summed E-state index contributed by atoms with van der Waals surface area (Å²) in [6.07, 6.45) is 0. The quantitative estimate of drug-likeness (QED) is 0.853. The van der Waals surface area contributed by atoms with Crippen LogP contribution in [0.1, 0.15) is 11.1 Å². The van der Waals surface area contributed by atoms with E-state index >= 15 is 0 Å². The van der Waals surface area contributed by atoms with E-state index < -0.39 is 0 Å². The third kappa shape index (κ3) is 2.53. The molecule has 1 aromatic carbocycles. The number of benzene rings is 1. The van der Waals surface area contributed by atoms with Gasteiger partial charge < -0.3 is 10.6 Å². The van der Waals surface area contributed by atoms with Crippen molar-refractivity contribution in [2.24, 2.45) is 5.73 Å². The van der Waals surface area contributed by atoms with Gasteiger partial charge in [-0.3, -0.25) is 0 Å². The molecule has 16 heavy (non-hydrogen) atoms. The zero-order valence-electron chi connectivity index (χ0n) is 10.1. The molecule has 0 bridgehead atoms. The van der Waals surface area contributed by atoms with Crippen LogP contribution in [0.25, 0.3) is 0 Å². The first kappa shape index (κ1) is 11.8. The molecule has 1 fully saturated rings. The number of aryl methyl sites for hydroxylation is 2. The molecule has 1 aliphatic heterocycles. The zero-order valence-corrected chi connectivity index (χ0v) is 10.9. The van der Waals surface area contributed by atoms with Crippen molar-refractivity contribution in [2.75, 3.05) is 30.3 Å². The van der Waals surface area contributed by atoms with Crippen LogP contribution in [0.3, 0.4) is 0 Å². The van der Waals surface area contributed by atoms with Crippen LogP contribution >= 0.6 is 11.8 Å². The molecule has 2 nitrogen and oxygen atoms in total. The Labute approximate surface area is 102 Å². The fourth-order valence-electron chi connectivity index (χ4n) is 2.24. The molecule has 2 N–H and O–H groups in total. The van der Waals surface area contributed by atoms with Crippen LogP contribution in [0, 0.1) is 13.8 Å². The van der Waals surface area contributed by atoms with Crippen molar-refractivity contribution in [3.05, 3.63) is 29.3 Å². The fourth-order valence-corrected chi connectivity index (χ4v) is 3.32. The SMILES string of the molecule is Cc1ccc(N2CCSC(CN)C2)c(C)c1. The molecule has 3 heteroatoms. The van der Waals surface area contributed by atoms with E-state index in [1.165, 1.54) is 22.6 Å². The molecule has 0 spiro atoms. The van der Waals surface area contributed by atoms with Crippen molar-refractivity contribution < 1.29 is 0 Å². The van der Waals surface area contributed by atoms with Gasteiger partial charge in [-0.2, -0.15) is 11.8 Å². The Bertz CT molecular complexity index is 365.